The number of likely N-dealkylation sites (N-methyl/N-ethyl adjacent to an activating group) is 2. The highest BCUT2D eigenvalue weighted by Crippen LogP contribution is 2.18. The Morgan fingerprint density at radius 2 is 2.41 bits per heavy atom. The molecule has 0 amide bonds. The Labute approximate surface area is 103 Å². The van der Waals surface area contributed by atoms with Crippen molar-refractivity contribution in [3.05, 3.63) is 23.7 Å². The molecule has 0 saturated carbocycles. The van der Waals surface area contributed by atoms with E-state index in [1.165, 1.54) is 19.4 Å². The Hall–Kier alpha value is -0.840. The Kier molecular flexibility index (Phi) is 4.20. The van der Waals surface area contributed by atoms with E-state index in [4.69, 9.17) is 10.2 Å². The van der Waals surface area contributed by atoms with Crippen LogP contribution in [-0.4, -0.2) is 43.0 Å². The van der Waals surface area contributed by atoms with Crippen LogP contribution in [0.3, 0.4) is 0 Å². The van der Waals surface area contributed by atoms with Gasteiger partial charge in [0.25, 0.3) is 0 Å². The van der Waals surface area contributed by atoms with Crippen molar-refractivity contribution < 1.29 is 4.42 Å². The highest BCUT2D eigenvalue weighted by atomic mass is 16.3. The fourth-order valence-electron chi connectivity index (χ4n) is 2.54. The number of hydrogen-bond acceptors (Lipinski definition) is 4. The molecule has 1 aliphatic heterocycles. The first-order chi connectivity index (χ1) is 8.20. The first-order valence-electron chi connectivity index (χ1n) is 6.34. The molecule has 1 aromatic rings. The van der Waals surface area contributed by atoms with Crippen LogP contribution in [0.25, 0.3) is 0 Å². The van der Waals surface area contributed by atoms with E-state index in [-0.39, 0.29) is 0 Å². The smallest absolute Gasteiger partial charge is 0.122 e. The Morgan fingerprint density at radius 1 is 1.59 bits per heavy atom. The molecule has 1 fully saturated rings. The molecule has 1 saturated heterocycles. The van der Waals surface area contributed by atoms with Crippen LogP contribution >= 0.6 is 0 Å². The number of nitrogens with zero attached hydrogens (tertiary/aromatic N) is 2. The van der Waals surface area contributed by atoms with Crippen LogP contribution in [0.5, 0.6) is 0 Å². The molecule has 2 N–H and O–H groups in total. The lowest BCUT2D eigenvalue weighted by atomic mass is 10.0. The second kappa shape index (κ2) is 5.67. The third-order valence-corrected chi connectivity index (χ3v) is 3.67. The van der Waals surface area contributed by atoms with Crippen molar-refractivity contribution in [2.24, 2.45) is 5.73 Å². The summed E-state index contributed by atoms with van der Waals surface area (Å²) in [6, 6.07) is 2.60. The number of rotatable bonds is 4. The van der Waals surface area contributed by atoms with E-state index >= 15 is 0 Å². The highest BCUT2D eigenvalue weighted by molar-refractivity contribution is 5.16. The molecule has 1 aromatic heterocycles. The average molecular weight is 237 g/mol. The van der Waals surface area contributed by atoms with Crippen molar-refractivity contribution >= 4 is 0 Å². The van der Waals surface area contributed by atoms with Crippen molar-refractivity contribution in [1.82, 2.24) is 9.80 Å². The van der Waals surface area contributed by atoms with Gasteiger partial charge >= 0.3 is 0 Å². The van der Waals surface area contributed by atoms with Crippen LogP contribution in [0, 0.1) is 0 Å². The second-order valence-corrected chi connectivity index (χ2v) is 5.05. The molecule has 2 heterocycles. The molecule has 2 rings (SSSR count). The number of likely N-dealkylation sites (tertiary alicyclic amines) is 1. The number of hydrogen-bond donors (Lipinski definition) is 1. The van der Waals surface area contributed by atoms with E-state index in [2.05, 4.69) is 23.9 Å². The van der Waals surface area contributed by atoms with Gasteiger partial charge in [0.15, 0.2) is 0 Å². The van der Waals surface area contributed by atoms with Crippen molar-refractivity contribution in [3.63, 3.8) is 0 Å². The zero-order valence-corrected chi connectivity index (χ0v) is 10.9. The van der Waals surface area contributed by atoms with Crippen molar-refractivity contribution in [1.29, 1.82) is 0 Å². The van der Waals surface area contributed by atoms with Crippen molar-refractivity contribution in [2.45, 2.75) is 32.0 Å². The molecule has 1 unspecified atom stereocenters. The molecule has 17 heavy (non-hydrogen) atoms. The minimum absolute atomic E-state index is 0.560. The maximum absolute atomic E-state index is 5.68. The number of piperidine rings is 1. The summed E-state index contributed by atoms with van der Waals surface area (Å²) in [4.78, 5) is 4.78. The lowest BCUT2D eigenvalue weighted by Gasteiger charge is -2.35. The fourth-order valence-corrected chi connectivity index (χ4v) is 2.54. The highest BCUT2D eigenvalue weighted by Gasteiger charge is 2.22. The topological polar surface area (TPSA) is 45.6 Å². The van der Waals surface area contributed by atoms with E-state index in [0.717, 1.165) is 24.4 Å². The van der Waals surface area contributed by atoms with Crippen LogP contribution in [-0.2, 0) is 13.1 Å². The fraction of sp³-hybridized carbons (Fsp3) is 0.692. The zero-order chi connectivity index (χ0) is 12.3. The molecular weight excluding hydrogens is 214 g/mol. The van der Waals surface area contributed by atoms with Gasteiger partial charge in [-0.3, -0.25) is 4.90 Å². The second-order valence-electron chi connectivity index (χ2n) is 5.05. The Morgan fingerprint density at radius 3 is 3.12 bits per heavy atom. The van der Waals surface area contributed by atoms with E-state index < -0.39 is 0 Å². The first kappa shape index (κ1) is 12.6. The van der Waals surface area contributed by atoms with Crippen molar-refractivity contribution in [3.8, 4) is 0 Å². The molecule has 96 valence electrons. The predicted octanol–water partition coefficient (Wildman–Crippen LogP) is 1.26. The minimum atomic E-state index is 0.560. The standard InChI is InChI=1S/C13H23N3O/c1-15-6-3-4-12(9-15)16(2)10-13-11(8-14)5-7-17-13/h5,7,12H,3-4,6,8-10,14H2,1-2H3. The molecule has 0 spiro atoms. The number of furan rings is 1. The molecule has 0 bridgehead atoms. The maximum atomic E-state index is 5.68. The van der Waals surface area contributed by atoms with Gasteiger partial charge in [-0.25, -0.2) is 0 Å². The van der Waals surface area contributed by atoms with Gasteiger partial charge in [-0.15, -0.1) is 0 Å². The van der Waals surface area contributed by atoms with Crippen LogP contribution in [0.4, 0.5) is 0 Å². The van der Waals surface area contributed by atoms with Gasteiger partial charge < -0.3 is 15.1 Å². The van der Waals surface area contributed by atoms with E-state index in [0.29, 0.717) is 12.6 Å². The van der Waals surface area contributed by atoms with E-state index in [9.17, 15) is 0 Å². The molecule has 0 radical (unpaired) electrons. The van der Waals surface area contributed by atoms with Crippen LogP contribution < -0.4 is 5.73 Å². The summed E-state index contributed by atoms with van der Waals surface area (Å²) in [6.45, 7) is 3.79. The third-order valence-electron chi connectivity index (χ3n) is 3.67. The molecule has 0 aromatic carbocycles. The molecule has 1 aliphatic rings. The molecular formula is C13H23N3O. The van der Waals surface area contributed by atoms with Gasteiger partial charge in [0.2, 0.25) is 0 Å². The largest absolute Gasteiger partial charge is 0.468 e. The quantitative estimate of drug-likeness (QED) is 0.856. The van der Waals surface area contributed by atoms with Crippen LogP contribution in [0.15, 0.2) is 16.7 Å². The monoisotopic (exact) mass is 237 g/mol. The summed E-state index contributed by atoms with van der Waals surface area (Å²) in [5.41, 5.74) is 6.81. The summed E-state index contributed by atoms with van der Waals surface area (Å²) in [7, 11) is 4.37. The Bertz CT molecular complexity index is 350. The molecule has 4 nitrogen and oxygen atoms in total. The van der Waals surface area contributed by atoms with Gasteiger partial charge in [0, 0.05) is 24.7 Å². The van der Waals surface area contributed by atoms with Gasteiger partial charge in [-0.05, 0) is 39.5 Å². The van der Waals surface area contributed by atoms with Crippen molar-refractivity contribution in [2.75, 3.05) is 27.2 Å². The minimum Gasteiger partial charge on any atom is -0.468 e. The average Bonchev–Trinajstić information content (AvgIpc) is 2.76. The maximum Gasteiger partial charge on any atom is 0.122 e. The van der Waals surface area contributed by atoms with Crippen LogP contribution in [0.1, 0.15) is 24.2 Å². The van der Waals surface area contributed by atoms with E-state index in [1.807, 2.05) is 6.07 Å². The summed E-state index contributed by atoms with van der Waals surface area (Å²) in [5.74, 6) is 1.02. The lowest BCUT2D eigenvalue weighted by molar-refractivity contribution is 0.123. The Balaban J connectivity index is 1.94. The predicted molar refractivity (Wildman–Crippen MR) is 68.6 cm³/mol. The van der Waals surface area contributed by atoms with Gasteiger partial charge in [-0.2, -0.15) is 0 Å². The summed E-state index contributed by atoms with van der Waals surface area (Å²) in [5, 5.41) is 0. The van der Waals surface area contributed by atoms with Gasteiger partial charge in [0.05, 0.1) is 12.8 Å². The van der Waals surface area contributed by atoms with Gasteiger partial charge in [0.1, 0.15) is 5.76 Å². The van der Waals surface area contributed by atoms with Gasteiger partial charge in [-0.1, -0.05) is 0 Å². The van der Waals surface area contributed by atoms with E-state index in [1.54, 1.807) is 6.26 Å². The summed E-state index contributed by atoms with van der Waals surface area (Å²) in [6.07, 6.45) is 4.30. The lowest BCUT2D eigenvalue weighted by Crippen LogP contribution is -2.44. The van der Waals surface area contributed by atoms with Crippen LogP contribution in [0.2, 0.25) is 0 Å². The summed E-state index contributed by atoms with van der Waals surface area (Å²) >= 11 is 0. The normalized spacial score (nSPS) is 22.2. The molecule has 0 aliphatic carbocycles. The molecule has 4 heteroatoms. The number of nitrogens with two attached hydrogens (primary N) is 1. The SMILES string of the molecule is CN1CCCC(N(C)Cc2occc2CN)C1. The third kappa shape index (κ3) is 3.09. The summed E-state index contributed by atoms with van der Waals surface area (Å²) < 4.78 is 5.51. The molecule has 1 atom stereocenters. The first-order valence-corrected chi connectivity index (χ1v) is 6.34. The zero-order valence-electron chi connectivity index (χ0n) is 10.9.